The van der Waals surface area contributed by atoms with Crippen molar-refractivity contribution in [2.24, 2.45) is 5.73 Å². The second kappa shape index (κ2) is 21.3. The molecule has 0 saturated carbocycles. The number of rotatable bonds is 16. The fourth-order valence-electron chi connectivity index (χ4n) is 5.81. The molecule has 57 heavy (non-hydrogen) atoms. The Labute approximate surface area is 339 Å². The summed E-state index contributed by atoms with van der Waals surface area (Å²) in [7, 11) is 0. The van der Waals surface area contributed by atoms with Crippen LogP contribution >= 0.6 is 0 Å². The molecule has 18 nitrogen and oxygen atoms in total. The number of imide groups is 2. The quantitative estimate of drug-likeness (QED) is 0.0465. The van der Waals surface area contributed by atoms with Crippen LogP contribution < -0.4 is 11.1 Å². The minimum absolute atomic E-state index is 0.00432. The van der Waals surface area contributed by atoms with Crippen molar-refractivity contribution < 1.29 is 67.6 Å². The Balaban J connectivity index is 0.000000260. The number of cyclic esters (lactones) is 2. The molecule has 3 aliphatic heterocycles. The van der Waals surface area contributed by atoms with Crippen LogP contribution in [-0.2, 0) is 38.2 Å². The van der Waals surface area contributed by atoms with Gasteiger partial charge in [-0.3, -0.25) is 19.3 Å². The number of hydrogen-bond acceptors (Lipinski definition) is 13. The van der Waals surface area contributed by atoms with Crippen LogP contribution in [0.25, 0.3) is 0 Å². The maximum absolute atomic E-state index is 12.4. The molecule has 3 aliphatic rings. The van der Waals surface area contributed by atoms with Gasteiger partial charge in [0.2, 0.25) is 0 Å². The number of carboxylic acid groups (broad SMARTS) is 2. The topological polar surface area (TPSA) is 274 Å². The monoisotopic (exact) mass is 926 g/mol. The number of carboxylic acids is 2. The molecule has 4 atom stereocenters. The van der Waals surface area contributed by atoms with Crippen molar-refractivity contribution in [3.8, 4) is 0 Å². The summed E-state index contributed by atoms with van der Waals surface area (Å²) in [6, 6.07) is 9.84. The summed E-state index contributed by atoms with van der Waals surface area (Å²) >= 11 is 0.891. The van der Waals surface area contributed by atoms with Gasteiger partial charge < -0.3 is 4.74 Å². The minimum atomic E-state index is -1.51. The van der Waals surface area contributed by atoms with E-state index in [1.807, 2.05) is 5.82 Å². The number of aliphatic carboxylic acids is 2. The molecule has 0 aliphatic carbocycles. The van der Waals surface area contributed by atoms with Gasteiger partial charge in [0.05, 0.1) is 11.1 Å². The van der Waals surface area contributed by atoms with Crippen LogP contribution in [0.3, 0.4) is 0 Å². The predicted octanol–water partition coefficient (Wildman–Crippen LogP) is 1.56. The SMILES string of the molecule is C[C@]1(N2C(=O)c3ccccc3C2=O)CCC(=O)OC1=O.C[Se]CC[C@H](N)OC=O.C[Se]CC[C@H](NC(=O)CC[C@@H](C(=O)O)N1C(=O)c2ccccc2C1=O)C(=O)O. The molecule has 2 aromatic carbocycles. The Hall–Kier alpha value is -5.26. The van der Waals surface area contributed by atoms with Crippen LogP contribution in [0, 0.1) is 0 Å². The molecule has 3 heterocycles. The van der Waals surface area contributed by atoms with Crippen molar-refractivity contribution in [3.63, 3.8) is 0 Å². The van der Waals surface area contributed by atoms with E-state index in [2.05, 4.69) is 20.6 Å². The second-order valence-electron chi connectivity index (χ2n) is 12.7. The zero-order chi connectivity index (χ0) is 42.4. The molecule has 0 aromatic heterocycles. The number of carbonyl (C=O) groups is 10. The Morgan fingerprint density at radius 3 is 1.77 bits per heavy atom. The van der Waals surface area contributed by atoms with E-state index in [-0.39, 0.29) is 69.1 Å². The van der Waals surface area contributed by atoms with Crippen LogP contribution in [0.1, 0.15) is 86.9 Å². The number of nitrogens with one attached hydrogen (secondary N) is 1. The first-order chi connectivity index (χ1) is 27.0. The Morgan fingerprint density at radius 2 is 1.33 bits per heavy atom. The molecule has 5 rings (SSSR count). The average Bonchev–Trinajstić information content (AvgIpc) is 3.59. The van der Waals surface area contributed by atoms with Crippen molar-refractivity contribution >= 4 is 89.8 Å². The van der Waals surface area contributed by atoms with Gasteiger partial charge >= 0.3 is 227 Å². The first-order valence-electron chi connectivity index (χ1n) is 17.3. The summed E-state index contributed by atoms with van der Waals surface area (Å²) in [5.74, 6) is -3.12. The van der Waals surface area contributed by atoms with Gasteiger partial charge in [-0.25, -0.2) is 4.79 Å². The van der Waals surface area contributed by atoms with Gasteiger partial charge in [0.25, 0.3) is 11.8 Å². The van der Waals surface area contributed by atoms with Crippen LogP contribution in [0.5, 0.6) is 0 Å². The van der Waals surface area contributed by atoms with Crippen molar-refractivity contribution in [2.75, 3.05) is 0 Å². The molecule has 1 fully saturated rings. The van der Waals surface area contributed by atoms with Crippen LogP contribution in [-0.4, -0.2) is 134 Å². The fourth-order valence-corrected chi connectivity index (χ4v) is 7.78. The first-order valence-corrected chi connectivity index (χ1v) is 23.2. The van der Waals surface area contributed by atoms with E-state index in [9.17, 15) is 53.1 Å². The molecule has 306 valence electrons. The third-order valence-electron chi connectivity index (χ3n) is 8.90. The van der Waals surface area contributed by atoms with Crippen molar-refractivity contribution in [1.82, 2.24) is 15.1 Å². The number of ether oxygens (including phenoxy) is 2. The molecule has 20 heteroatoms. The van der Waals surface area contributed by atoms with E-state index in [4.69, 9.17) is 10.8 Å². The summed E-state index contributed by atoms with van der Waals surface area (Å²) in [5, 5.41) is 22.7. The number of fused-ring (bicyclic) bond motifs is 2. The van der Waals surface area contributed by atoms with Crippen molar-refractivity contribution in [3.05, 3.63) is 70.8 Å². The van der Waals surface area contributed by atoms with Gasteiger partial charge in [-0.15, -0.1) is 0 Å². The van der Waals surface area contributed by atoms with Gasteiger partial charge in [-0.05, 0) is 25.5 Å². The molecule has 5 N–H and O–H groups in total. The first kappa shape index (κ1) is 46.1. The number of nitrogens with zero attached hydrogens (tertiary/aromatic N) is 2. The van der Waals surface area contributed by atoms with Gasteiger partial charge in [-0.2, -0.15) is 0 Å². The molecular formula is C37H42N4O14Se2. The molecule has 1 saturated heterocycles. The molecule has 0 spiro atoms. The standard InChI is InChI=1S/C18H20N2O7Se.C14H11NO5.C5H11NO2Se/c1-28-9-8-12(17(24)25)19-14(21)7-6-13(18(26)27)20-15(22)10-4-2-3-5-11(10)16(20)23;1-14(7-6-10(16)20-13(14)19)15-11(17)8-4-2-3-5-9(8)12(15)18;1-9-3-2-5(6)8-4-7/h2-5,12-13H,6-9H2,1H3,(H,19,21)(H,24,25)(H,26,27);2-5H,6-7H2,1H3;4-5H,2-3,6H2,1H3/t12-,13-;14-;5-/m001/s1. The number of esters is 2. The van der Waals surface area contributed by atoms with E-state index in [1.165, 1.54) is 31.2 Å². The van der Waals surface area contributed by atoms with E-state index in [1.54, 1.807) is 24.3 Å². The van der Waals surface area contributed by atoms with Gasteiger partial charge in [0.1, 0.15) is 5.54 Å². The predicted molar refractivity (Wildman–Crippen MR) is 200 cm³/mol. The van der Waals surface area contributed by atoms with E-state index in [0.29, 0.717) is 38.1 Å². The summed E-state index contributed by atoms with van der Waals surface area (Å²) < 4.78 is 9.04. The summed E-state index contributed by atoms with van der Waals surface area (Å²) in [6.07, 6.45) is 0.130. The summed E-state index contributed by atoms with van der Waals surface area (Å²) in [4.78, 5) is 119. The van der Waals surface area contributed by atoms with E-state index in [0.717, 1.165) is 16.6 Å². The molecule has 0 bridgehead atoms. The van der Waals surface area contributed by atoms with Crippen LogP contribution in [0.2, 0.25) is 22.3 Å². The summed E-state index contributed by atoms with van der Waals surface area (Å²) in [6.45, 7) is 1.84. The number of nitrogens with two attached hydrogens (primary N) is 1. The summed E-state index contributed by atoms with van der Waals surface area (Å²) in [5.41, 5.74) is 4.67. The third-order valence-corrected chi connectivity index (χ3v) is 11.6. The number of amides is 5. The molecule has 0 radical (unpaired) electrons. The Morgan fingerprint density at radius 1 is 0.842 bits per heavy atom. The van der Waals surface area contributed by atoms with Crippen LogP contribution in [0.15, 0.2) is 48.5 Å². The third kappa shape index (κ3) is 11.4. The molecule has 5 amide bonds. The average molecular weight is 925 g/mol. The normalized spacial score (nSPS) is 18.5. The molecular weight excluding hydrogens is 882 g/mol. The Bertz CT molecular complexity index is 1840. The van der Waals surface area contributed by atoms with Crippen molar-refractivity contribution in [1.29, 1.82) is 0 Å². The van der Waals surface area contributed by atoms with Crippen LogP contribution in [0.4, 0.5) is 0 Å². The van der Waals surface area contributed by atoms with Gasteiger partial charge in [0, 0.05) is 6.42 Å². The number of benzene rings is 2. The number of hydrogen-bond donors (Lipinski definition) is 4. The fraction of sp³-hybridized carbons (Fsp3) is 0.405. The zero-order valence-electron chi connectivity index (χ0n) is 31.2. The van der Waals surface area contributed by atoms with E-state index >= 15 is 0 Å². The second-order valence-corrected chi connectivity index (χ2v) is 16.9. The van der Waals surface area contributed by atoms with Gasteiger partial charge in [0.15, 0.2) is 0 Å². The van der Waals surface area contributed by atoms with E-state index < -0.39 is 71.0 Å². The van der Waals surface area contributed by atoms with Crippen molar-refractivity contribution in [2.45, 2.75) is 91.6 Å². The number of carbonyl (C=O) groups excluding carboxylic acids is 8. The Kier molecular flexibility index (Phi) is 17.2. The zero-order valence-corrected chi connectivity index (χ0v) is 34.6. The molecule has 0 unspecified atom stereocenters. The van der Waals surface area contributed by atoms with Gasteiger partial charge in [-0.1, -0.05) is 24.3 Å². The maximum atomic E-state index is 12.4. The molecule has 2 aromatic rings.